The maximum Gasteiger partial charge on any atom is 0.490 e. The van der Waals surface area contributed by atoms with E-state index in [9.17, 15) is 26.4 Å². The number of piperidine rings is 1. The molecule has 3 N–H and O–H groups in total. The Morgan fingerprint density at radius 2 is 1.60 bits per heavy atom. The average Bonchev–Trinajstić information content (AvgIpc) is 2.93. The van der Waals surface area contributed by atoms with Crippen LogP contribution in [0.25, 0.3) is 0 Å². The Bertz CT molecular complexity index is 1270. The number of rotatable bonds is 6. The molecule has 2 aromatic carbocycles. The smallest absolute Gasteiger partial charge is 0.475 e. The van der Waals surface area contributed by atoms with E-state index >= 15 is 0 Å². The molecule has 9 nitrogen and oxygen atoms in total. The third-order valence-electron chi connectivity index (χ3n) is 6.89. The number of aliphatic carboxylic acids is 1. The number of piperazine rings is 1. The molecule has 2 aromatic rings. The van der Waals surface area contributed by atoms with Crippen LogP contribution < -0.4 is 14.9 Å². The number of carboxylic acid groups (broad SMARTS) is 1. The van der Waals surface area contributed by atoms with E-state index in [1.54, 1.807) is 24.3 Å². The first-order valence-electron chi connectivity index (χ1n) is 13.1. The first-order chi connectivity index (χ1) is 18.8. The molecule has 0 aliphatic carbocycles. The van der Waals surface area contributed by atoms with Crippen molar-refractivity contribution in [2.45, 2.75) is 44.2 Å². The van der Waals surface area contributed by atoms with Crippen LogP contribution in [0.15, 0.2) is 47.4 Å². The predicted molar refractivity (Wildman–Crippen MR) is 146 cm³/mol. The van der Waals surface area contributed by atoms with Gasteiger partial charge in [-0.3, -0.25) is 9.52 Å². The number of halogens is 3. The van der Waals surface area contributed by atoms with Crippen LogP contribution in [0.4, 0.5) is 24.5 Å². The van der Waals surface area contributed by atoms with Crippen molar-refractivity contribution in [2.75, 3.05) is 48.9 Å². The van der Waals surface area contributed by atoms with Crippen molar-refractivity contribution in [1.29, 1.82) is 0 Å². The van der Waals surface area contributed by atoms with Gasteiger partial charge >= 0.3 is 12.1 Å². The largest absolute Gasteiger partial charge is 0.490 e. The van der Waals surface area contributed by atoms with Crippen LogP contribution in [-0.2, 0) is 21.2 Å². The number of hydrogen-bond acceptors (Lipinski definition) is 6. The second-order valence-corrected chi connectivity index (χ2v) is 11.5. The van der Waals surface area contributed by atoms with Crippen molar-refractivity contribution in [1.82, 2.24) is 10.2 Å². The number of carbonyl (C=O) groups is 2. The molecule has 0 unspecified atom stereocenters. The summed E-state index contributed by atoms with van der Waals surface area (Å²) >= 11 is 0. The molecule has 0 bridgehead atoms. The second kappa shape index (κ2) is 13.4. The lowest BCUT2D eigenvalue weighted by Crippen LogP contribution is -2.45. The molecule has 0 radical (unpaired) electrons. The molecule has 40 heavy (non-hydrogen) atoms. The predicted octanol–water partition coefficient (Wildman–Crippen LogP) is 3.96. The summed E-state index contributed by atoms with van der Waals surface area (Å²) in [5, 5.41) is 10.5. The van der Waals surface area contributed by atoms with Crippen LogP contribution in [0.5, 0.6) is 0 Å². The molecule has 1 amide bonds. The van der Waals surface area contributed by atoms with E-state index in [1.165, 1.54) is 0 Å². The van der Waals surface area contributed by atoms with Gasteiger partial charge in [0.1, 0.15) is 0 Å². The molecule has 2 heterocycles. The Hall–Kier alpha value is -3.32. The van der Waals surface area contributed by atoms with E-state index in [1.807, 2.05) is 30.0 Å². The number of alkyl halides is 3. The van der Waals surface area contributed by atoms with Gasteiger partial charge in [0.25, 0.3) is 15.9 Å². The first kappa shape index (κ1) is 31.2. The summed E-state index contributed by atoms with van der Waals surface area (Å²) in [4.78, 5) is 26.8. The van der Waals surface area contributed by atoms with E-state index in [0.29, 0.717) is 17.2 Å². The number of carboxylic acids is 1. The zero-order chi connectivity index (χ0) is 29.5. The molecule has 0 aromatic heterocycles. The number of benzene rings is 2. The Balaban J connectivity index is 0.000000559. The fraction of sp³-hybridized carbons (Fsp3) is 0.481. The number of hydrogen-bond donors (Lipinski definition) is 3. The number of nitrogens with one attached hydrogen (secondary N) is 2. The SMILES string of the molecule is CCc1ccc(S(=O)(=O)Nc2ccc(N3CCNCC3)c(C(=O)N3CCC(C)CC3)c2)cc1.O=C(O)C(F)(F)F. The summed E-state index contributed by atoms with van der Waals surface area (Å²) in [6.07, 6.45) is -2.24. The van der Waals surface area contributed by atoms with Crippen molar-refractivity contribution in [3.05, 3.63) is 53.6 Å². The Morgan fingerprint density at radius 1 is 1.02 bits per heavy atom. The molecule has 2 aliphatic rings. The fourth-order valence-corrected chi connectivity index (χ4v) is 5.50. The molecule has 0 saturated carbocycles. The molecular weight excluding hydrogens is 549 g/mol. The molecule has 2 saturated heterocycles. The van der Waals surface area contributed by atoms with Crippen molar-refractivity contribution in [2.24, 2.45) is 5.92 Å². The van der Waals surface area contributed by atoms with Gasteiger partial charge in [0, 0.05) is 50.6 Å². The number of aryl methyl sites for hydroxylation is 1. The van der Waals surface area contributed by atoms with Crippen LogP contribution in [0.2, 0.25) is 0 Å². The molecule has 0 atom stereocenters. The molecule has 2 aliphatic heterocycles. The number of amides is 1. The minimum Gasteiger partial charge on any atom is -0.475 e. The summed E-state index contributed by atoms with van der Waals surface area (Å²) < 4.78 is 60.4. The lowest BCUT2D eigenvalue weighted by molar-refractivity contribution is -0.192. The van der Waals surface area contributed by atoms with Crippen LogP contribution in [-0.4, -0.2) is 75.7 Å². The Labute approximate surface area is 232 Å². The number of sulfonamides is 1. The van der Waals surface area contributed by atoms with Crippen molar-refractivity contribution in [3.63, 3.8) is 0 Å². The zero-order valence-electron chi connectivity index (χ0n) is 22.5. The molecule has 220 valence electrons. The van der Waals surface area contributed by atoms with E-state index in [-0.39, 0.29) is 10.8 Å². The highest BCUT2D eigenvalue weighted by molar-refractivity contribution is 7.92. The van der Waals surface area contributed by atoms with Gasteiger partial charge < -0.3 is 20.2 Å². The van der Waals surface area contributed by atoms with Crippen molar-refractivity contribution in [3.8, 4) is 0 Å². The quantitative estimate of drug-likeness (QED) is 0.470. The fourth-order valence-electron chi connectivity index (χ4n) is 4.45. The van der Waals surface area contributed by atoms with Gasteiger partial charge in [-0.15, -0.1) is 0 Å². The molecular formula is C27H35F3N4O5S. The van der Waals surface area contributed by atoms with E-state index < -0.39 is 22.2 Å². The van der Waals surface area contributed by atoms with E-state index in [4.69, 9.17) is 9.90 Å². The lowest BCUT2D eigenvalue weighted by atomic mass is 9.98. The van der Waals surface area contributed by atoms with Crippen molar-refractivity contribution >= 4 is 33.3 Å². The van der Waals surface area contributed by atoms with Crippen LogP contribution in [0.3, 0.4) is 0 Å². The Morgan fingerprint density at radius 3 is 2.12 bits per heavy atom. The second-order valence-electron chi connectivity index (χ2n) is 9.85. The average molecular weight is 585 g/mol. The highest BCUT2D eigenvalue weighted by Crippen LogP contribution is 2.29. The van der Waals surface area contributed by atoms with E-state index in [0.717, 1.165) is 69.8 Å². The summed E-state index contributed by atoms with van der Waals surface area (Å²) in [6, 6.07) is 12.2. The topological polar surface area (TPSA) is 119 Å². The van der Waals surface area contributed by atoms with Gasteiger partial charge in [0.2, 0.25) is 0 Å². The summed E-state index contributed by atoms with van der Waals surface area (Å²) in [5.41, 5.74) is 2.92. The number of anilines is 2. The minimum atomic E-state index is -5.08. The van der Waals surface area contributed by atoms with Crippen LogP contribution >= 0.6 is 0 Å². The van der Waals surface area contributed by atoms with Crippen LogP contribution in [0, 0.1) is 5.92 Å². The highest BCUT2D eigenvalue weighted by Gasteiger charge is 2.38. The molecule has 2 fully saturated rings. The monoisotopic (exact) mass is 584 g/mol. The van der Waals surface area contributed by atoms with Crippen molar-refractivity contribution < 1.29 is 36.3 Å². The summed E-state index contributed by atoms with van der Waals surface area (Å²) in [6.45, 7) is 9.06. The number of nitrogens with zero attached hydrogens (tertiary/aromatic N) is 2. The van der Waals surface area contributed by atoms with Gasteiger partial charge in [0.15, 0.2) is 0 Å². The van der Waals surface area contributed by atoms with Gasteiger partial charge in [-0.05, 0) is 61.1 Å². The van der Waals surface area contributed by atoms with Crippen LogP contribution in [0.1, 0.15) is 42.6 Å². The third kappa shape index (κ3) is 8.34. The third-order valence-corrected chi connectivity index (χ3v) is 8.29. The maximum atomic E-state index is 13.5. The molecule has 13 heteroatoms. The van der Waals surface area contributed by atoms with Gasteiger partial charge in [0.05, 0.1) is 10.5 Å². The zero-order valence-corrected chi connectivity index (χ0v) is 23.3. The molecule has 0 spiro atoms. The minimum absolute atomic E-state index is 0.0243. The molecule has 4 rings (SSSR count). The lowest BCUT2D eigenvalue weighted by Gasteiger charge is -2.34. The van der Waals surface area contributed by atoms with Gasteiger partial charge in [-0.1, -0.05) is 26.0 Å². The highest BCUT2D eigenvalue weighted by atomic mass is 32.2. The summed E-state index contributed by atoms with van der Waals surface area (Å²) in [5.74, 6) is -2.16. The normalized spacial score (nSPS) is 16.6. The first-order valence-corrected chi connectivity index (χ1v) is 14.6. The standard InChI is InChI=1S/C25H34N4O3S.C2HF3O2/c1-3-20-4-7-22(8-5-20)33(31,32)27-21-6-9-24(28-16-12-26-13-17-28)23(18-21)25(30)29-14-10-19(2)11-15-29;3-2(4,5)1(6)7/h4-9,18-19,26-27H,3,10-17H2,1-2H3;(H,6,7). The maximum absolute atomic E-state index is 13.5. The van der Waals surface area contributed by atoms with E-state index in [2.05, 4.69) is 21.9 Å². The summed E-state index contributed by atoms with van der Waals surface area (Å²) in [7, 11) is -3.75. The number of likely N-dealkylation sites (tertiary alicyclic amines) is 1. The Kier molecular flexibility index (Phi) is 10.4. The van der Waals surface area contributed by atoms with Gasteiger partial charge in [-0.25, -0.2) is 13.2 Å². The van der Waals surface area contributed by atoms with Gasteiger partial charge in [-0.2, -0.15) is 13.2 Å². The number of carbonyl (C=O) groups excluding carboxylic acids is 1.